The van der Waals surface area contributed by atoms with E-state index in [0.29, 0.717) is 10.6 Å². The molecule has 0 atom stereocenters. The van der Waals surface area contributed by atoms with Gasteiger partial charge in [-0.1, -0.05) is 23.7 Å². The van der Waals surface area contributed by atoms with Gasteiger partial charge in [0.15, 0.2) is 5.69 Å². The highest BCUT2D eigenvalue weighted by atomic mass is 35.5. The van der Waals surface area contributed by atoms with Gasteiger partial charge in [-0.25, -0.2) is 4.68 Å². The number of carbonyl (C=O) groups excluding carboxylic acids is 2. The van der Waals surface area contributed by atoms with Crippen LogP contribution in [0.15, 0.2) is 54.6 Å². The summed E-state index contributed by atoms with van der Waals surface area (Å²) in [6.45, 7) is 0. The highest BCUT2D eigenvalue weighted by Gasteiger charge is 2.35. The molecule has 0 unspecified atom stereocenters. The molecular weight excluding hydrogens is 383 g/mol. The normalized spacial score (nSPS) is 11.4. The monoisotopic (exact) mass is 393 g/mol. The molecule has 0 saturated heterocycles. The molecular formula is C18H11ClF3N3O2. The van der Waals surface area contributed by atoms with Crippen LogP contribution in [0.3, 0.4) is 0 Å². The van der Waals surface area contributed by atoms with E-state index in [2.05, 4.69) is 5.10 Å². The van der Waals surface area contributed by atoms with Crippen LogP contribution in [0.25, 0.3) is 16.9 Å². The number of nitrogens with zero attached hydrogens (tertiary/aromatic N) is 2. The number of benzene rings is 2. The van der Waals surface area contributed by atoms with Gasteiger partial charge in [0.05, 0.1) is 11.4 Å². The number of aromatic nitrogens is 2. The van der Waals surface area contributed by atoms with Crippen molar-refractivity contribution in [2.24, 2.45) is 5.73 Å². The molecule has 1 amide bonds. The first kappa shape index (κ1) is 18.7. The summed E-state index contributed by atoms with van der Waals surface area (Å²) in [6, 6.07) is 12.5. The van der Waals surface area contributed by atoms with E-state index in [4.69, 9.17) is 17.3 Å². The lowest BCUT2D eigenvalue weighted by atomic mass is 10.1. The van der Waals surface area contributed by atoms with E-state index in [1.54, 1.807) is 24.3 Å². The van der Waals surface area contributed by atoms with Gasteiger partial charge in [0, 0.05) is 16.1 Å². The maximum absolute atomic E-state index is 13.1. The molecule has 27 heavy (non-hydrogen) atoms. The van der Waals surface area contributed by atoms with E-state index in [9.17, 15) is 22.8 Å². The summed E-state index contributed by atoms with van der Waals surface area (Å²) in [5.74, 6) is -2.01. The minimum atomic E-state index is -4.63. The molecule has 3 rings (SSSR count). The molecule has 0 aliphatic rings. The van der Waals surface area contributed by atoms with Gasteiger partial charge in [0.1, 0.15) is 0 Å². The average Bonchev–Trinajstić information content (AvgIpc) is 3.07. The van der Waals surface area contributed by atoms with Gasteiger partial charge in [-0.15, -0.1) is 0 Å². The van der Waals surface area contributed by atoms with Gasteiger partial charge >= 0.3 is 6.18 Å². The van der Waals surface area contributed by atoms with Gasteiger partial charge in [0.2, 0.25) is 5.78 Å². The first-order valence-corrected chi connectivity index (χ1v) is 7.92. The Morgan fingerprint density at radius 2 is 1.59 bits per heavy atom. The number of primary amides is 1. The van der Waals surface area contributed by atoms with Gasteiger partial charge in [-0.2, -0.15) is 18.3 Å². The van der Waals surface area contributed by atoms with Crippen molar-refractivity contribution in [1.29, 1.82) is 0 Å². The van der Waals surface area contributed by atoms with Crippen LogP contribution >= 0.6 is 11.6 Å². The SMILES string of the molecule is NC(=O)C(=O)c1ccc(-n2nc(C(F)(F)F)cc2-c2ccc(Cl)cc2)cc1. The van der Waals surface area contributed by atoms with E-state index in [-0.39, 0.29) is 16.9 Å². The maximum atomic E-state index is 13.1. The molecule has 138 valence electrons. The minimum absolute atomic E-state index is 0.0301. The Morgan fingerprint density at radius 1 is 1.00 bits per heavy atom. The molecule has 3 aromatic rings. The quantitative estimate of drug-likeness (QED) is 0.539. The Hall–Kier alpha value is -3.13. The van der Waals surface area contributed by atoms with Crippen molar-refractivity contribution in [1.82, 2.24) is 9.78 Å². The third-order valence-electron chi connectivity index (χ3n) is 3.74. The topological polar surface area (TPSA) is 78.0 Å². The maximum Gasteiger partial charge on any atom is 0.435 e. The Balaban J connectivity index is 2.11. The van der Waals surface area contributed by atoms with Gasteiger partial charge in [-0.05, 0) is 42.5 Å². The molecule has 0 aliphatic carbocycles. The second-order valence-electron chi connectivity index (χ2n) is 5.57. The van der Waals surface area contributed by atoms with Gasteiger partial charge in [-0.3, -0.25) is 9.59 Å². The van der Waals surface area contributed by atoms with E-state index in [0.717, 1.165) is 10.7 Å². The van der Waals surface area contributed by atoms with Crippen LogP contribution in [0.1, 0.15) is 16.1 Å². The molecule has 0 spiro atoms. The predicted molar refractivity (Wildman–Crippen MR) is 92.5 cm³/mol. The highest BCUT2D eigenvalue weighted by Crippen LogP contribution is 2.33. The molecule has 0 radical (unpaired) electrons. The lowest BCUT2D eigenvalue weighted by Crippen LogP contribution is -2.23. The number of carbonyl (C=O) groups is 2. The molecule has 9 heteroatoms. The summed E-state index contributed by atoms with van der Waals surface area (Å²) in [4.78, 5) is 22.5. The van der Waals surface area contributed by atoms with Crippen molar-refractivity contribution >= 4 is 23.3 Å². The molecule has 1 aromatic heterocycles. The zero-order valence-corrected chi connectivity index (χ0v) is 14.3. The zero-order chi connectivity index (χ0) is 19.8. The van der Waals surface area contributed by atoms with Gasteiger partial charge in [0.25, 0.3) is 5.91 Å². The van der Waals surface area contributed by atoms with Crippen molar-refractivity contribution < 1.29 is 22.8 Å². The number of nitrogens with two attached hydrogens (primary N) is 1. The van der Waals surface area contributed by atoms with Gasteiger partial charge < -0.3 is 5.73 Å². The summed E-state index contributed by atoms with van der Waals surface area (Å²) in [5, 5.41) is 4.08. The van der Waals surface area contributed by atoms with E-state index >= 15 is 0 Å². The Morgan fingerprint density at radius 3 is 2.11 bits per heavy atom. The van der Waals surface area contributed by atoms with Crippen molar-refractivity contribution in [3.8, 4) is 16.9 Å². The summed E-state index contributed by atoms with van der Waals surface area (Å²) in [5.41, 5.74) is 4.84. The van der Waals surface area contributed by atoms with Crippen molar-refractivity contribution in [3.63, 3.8) is 0 Å². The number of rotatable bonds is 4. The number of alkyl halides is 3. The minimum Gasteiger partial charge on any atom is -0.363 e. The van der Waals surface area contributed by atoms with Crippen LogP contribution in [0, 0.1) is 0 Å². The Bertz CT molecular complexity index is 1010. The highest BCUT2D eigenvalue weighted by molar-refractivity contribution is 6.42. The molecule has 5 nitrogen and oxygen atoms in total. The first-order chi connectivity index (χ1) is 12.7. The number of hydrogen-bond donors (Lipinski definition) is 1. The fourth-order valence-corrected chi connectivity index (χ4v) is 2.56. The standard InChI is InChI=1S/C18H11ClF3N3O2/c19-12-5-1-10(2-6-12)14-9-15(18(20,21)22)24-25(14)13-7-3-11(4-8-13)16(26)17(23)27/h1-9H,(H2,23,27). The average molecular weight is 394 g/mol. The Labute approximate surface area is 156 Å². The summed E-state index contributed by atoms with van der Waals surface area (Å²) >= 11 is 5.83. The number of halogens is 4. The van der Waals surface area contributed by atoms with E-state index < -0.39 is 23.6 Å². The molecule has 0 saturated carbocycles. The fourth-order valence-electron chi connectivity index (χ4n) is 2.44. The zero-order valence-electron chi connectivity index (χ0n) is 13.5. The molecule has 2 aromatic carbocycles. The fraction of sp³-hybridized carbons (Fsp3) is 0.0556. The van der Waals surface area contributed by atoms with Crippen molar-refractivity contribution in [2.75, 3.05) is 0 Å². The molecule has 0 fully saturated rings. The predicted octanol–water partition coefficient (Wildman–Crippen LogP) is 3.88. The molecule has 2 N–H and O–H groups in total. The summed E-state index contributed by atoms with van der Waals surface area (Å²) in [7, 11) is 0. The first-order valence-electron chi connectivity index (χ1n) is 7.54. The number of Topliss-reactive ketones (excluding diaryl/α,β-unsaturated/α-hetero) is 1. The summed E-state index contributed by atoms with van der Waals surface area (Å²) < 4.78 is 40.5. The Kier molecular flexibility index (Phi) is 4.75. The molecule has 0 bridgehead atoms. The summed E-state index contributed by atoms with van der Waals surface area (Å²) in [6.07, 6.45) is -4.63. The third kappa shape index (κ3) is 3.85. The van der Waals surface area contributed by atoms with Crippen LogP contribution in [-0.2, 0) is 11.0 Å². The lowest BCUT2D eigenvalue weighted by Gasteiger charge is -2.08. The number of amides is 1. The van der Waals surface area contributed by atoms with E-state index in [1.165, 1.54) is 24.3 Å². The smallest absolute Gasteiger partial charge is 0.363 e. The second-order valence-corrected chi connectivity index (χ2v) is 6.01. The van der Waals surface area contributed by atoms with Crippen LogP contribution in [0.5, 0.6) is 0 Å². The van der Waals surface area contributed by atoms with Crippen LogP contribution in [0.2, 0.25) is 5.02 Å². The van der Waals surface area contributed by atoms with Crippen LogP contribution < -0.4 is 5.73 Å². The number of ketones is 1. The lowest BCUT2D eigenvalue weighted by molar-refractivity contribution is -0.141. The van der Waals surface area contributed by atoms with Crippen molar-refractivity contribution in [3.05, 3.63) is 70.9 Å². The number of hydrogen-bond acceptors (Lipinski definition) is 3. The third-order valence-corrected chi connectivity index (χ3v) is 3.99. The molecule has 1 heterocycles. The van der Waals surface area contributed by atoms with Crippen molar-refractivity contribution in [2.45, 2.75) is 6.18 Å². The second kappa shape index (κ2) is 6.88. The molecule has 0 aliphatic heterocycles. The van der Waals surface area contributed by atoms with Crippen LogP contribution in [-0.4, -0.2) is 21.5 Å². The largest absolute Gasteiger partial charge is 0.435 e. The van der Waals surface area contributed by atoms with Crippen LogP contribution in [0.4, 0.5) is 13.2 Å². The van der Waals surface area contributed by atoms with E-state index in [1.807, 2.05) is 0 Å².